The Morgan fingerprint density at radius 3 is 2.74 bits per heavy atom. The monoisotopic (exact) mass is 418 g/mol. The molecular formula is C24H30N6O. The summed E-state index contributed by atoms with van der Waals surface area (Å²) in [6, 6.07) is 14.4. The van der Waals surface area contributed by atoms with Gasteiger partial charge in [-0.15, -0.1) is 10.2 Å². The van der Waals surface area contributed by atoms with Gasteiger partial charge < -0.3 is 9.80 Å². The molecule has 2 aromatic heterocycles. The predicted octanol–water partition coefficient (Wildman–Crippen LogP) is 2.50. The molecule has 2 fully saturated rings. The molecule has 1 amide bonds. The third-order valence-electron chi connectivity index (χ3n) is 6.57. The zero-order valence-corrected chi connectivity index (χ0v) is 18.2. The summed E-state index contributed by atoms with van der Waals surface area (Å²) in [5, 5.41) is 8.88. The Bertz CT molecular complexity index is 1050. The minimum Gasteiger partial charge on any atom is -0.337 e. The number of rotatable bonds is 4. The van der Waals surface area contributed by atoms with Crippen LogP contribution < -0.4 is 0 Å². The van der Waals surface area contributed by atoms with Gasteiger partial charge in [-0.05, 0) is 50.7 Å². The Hall–Kier alpha value is -2.77. The van der Waals surface area contributed by atoms with Gasteiger partial charge in [0.05, 0.1) is 5.56 Å². The van der Waals surface area contributed by atoms with Gasteiger partial charge in [0, 0.05) is 44.8 Å². The molecule has 2 aliphatic rings. The number of likely N-dealkylation sites (tertiary alicyclic amines) is 1. The molecule has 7 heteroatoms. The molecule has 5 rings (SSSR count). The molecule has 0 bridgehead atoms. The number of hydrogen-bond acceptors (Lipinski definition) is 5. The molecule has 0 N–H and O–H groups in total. The van der Waals surface area contributed by atoms with Crippen molar-refractivity contribution in [2.45, 2.75) is 25.3 Å². The summed E-state index contributed by atoms with van der Waals surface area (Å²) in [6.07, 6.45) is 4.02. The lowest BCUT2D eigenvalue weighted by atomic mass is 10.1. The first-order valence-electron chi connectivity index (χ1n) is 11.3. The molecule has 2 saturated heterocycles. The van der Waals surface area contributed by atoms with Crippen molar-refractivity contribution in [3.8, 4) is 0 Å². The summed E-state index contributed by atoms with van der Waals surface area (Å²) in [6.45, 7) is 6.53. The number of fused-ring (bicyclic) bond motifs is 1. The number of aromatic nitrogens is 3. The second kappa shape index (κ2) is 8.77. The Balaban J connectivity index is 1.33. The summed E-state index contributed by atoms with van der Waals surface area (Å²) in [5.74, 6) is 1.40. The SMILES string of the molecule is CN1CCCN(C(=O)c2ccc3nnc([C@H]4CCN(Cc5ccccc5)C4)n3c2)CC1. The van der Waals surface area contributed by atoms with Crippen LogP contribution in [0.25, 0.3) is 5.65 Å². The molecule has 3 aromatic rings. The highest BCUT2D eigenvalue weighted by Crippen LogP contribution is 2.27. The van der Waals surface area contributed by atoms with Crippen molar-refractivity contribution < 1.29 is 4.79 Å². The molecule has 0 spiro atoms. The highest BCUT2D eigenvalue weighted by Gasteiger charge is 2.28. The number of carbonyl (C=O) groups is 1. The highest BCUT2D eigenvalue weighted by atomic mass is 16.2. The van der Waals surface area contributed by atoms with E-state index in [1.54, 1.807) is 0 Å². The first-order chi connectivity index (χ1) is 15.2. The quantitative estimate of drug-likeness (QED) is 0.652. The minimum atomic E-state index is 0.106. The summed E-state index contributed by atoms with van der Waals surface area (Å²) >= 11 is 0. The topological polar surface area (TPSA) is 57.0 Å². The fourth-order valence-electron chi connectivity index (χ4n) is 4.77. The fourth-order valence-corrected chi connectivity index (χ4v) is 4.77. The number of nitrogens with zero attached hydrogens (tertiary/aromatic N) is 6. The van der Waals surface area contributed by atoms with Crippen LogP contribution in [0.5, 0.6) is 0 Å². The average Bonchev–Trinajstić information content (AvgIpc) is 3.36. The van der Waals surface area contributed by atoms with Crippen molar-refractivity contribution in [2.24, 2.45) is 0 Å². The lowest BCUT2D eigenvalue weighted by Gasteiger charge is -2.20. The van der Waals surface area contributed by atoms with Crippen LogP contribution in [0.4, 0.5) is 0 Å². The third kappa shape index (κ3) is 4.34. The van der Waals surface area contributed by atoms with Gasteiger partial charge in [-0.3, -0.25) is 14.1 Å². The van der Waals surface area contributed by atoms with Gasteiger partial charge in [0.15, 0.2) is 5.65 Å². The van der Waals surface area contributed by atoms with Crippen LogP contribution in [0.3, 0.4) is 0 Å². The molecule has 0 radical (unpaired) electrons. The van der Waals surface area contributed by atoms with E-state index in [2.05, 4.69) is 57.4 Å². The highest BCUT2D eigenvalue weighted by molar-refractivity contribution is 5.94. The minimum absolute atomic E-state index is 0.106. The average molecular weight is 419 g/mol. The van der Waals surface area contributed by atoms with E-state index < -0.39 is 0 Å². The van der Waals surface area contributed by atoms with Crippen LogP contribution in [-0.4, -0.2) is 81.5 Å². The Labute approximate surface area is 183 Å². The van der Waals surface area contributed by atoms with Crippen molar-refractivity contribution in [1.82, 2.24) is 29.3 Å². The van der Waals surface area contributed by atoms with Crippen LogP contribution in [0.15, 0.2) is 48.7 Å². The van der Waals surface area contributed by atoms with E-state index in [0.29, 0.717) is 5.92 Å². The van der Waals surface area contributed by atoms with Gasteiger partial charge in [-0.1, -0.05) is 30.3 Å². The normalized spacial score (nSPS) is 20.9. The summed E-state index contributed by atoms with van der Waals surface area (Å²) in [7, 11) is 2.12. The molecule has 0 aliphatic carbocycles. The zero-order chi connectivity index (χ0) is 21.2. The third-order valence-corrected chi connectivity index (χ3v) is 6.57. The van der Waals surface area contributed by atoms with Gasteiger partial charge in [0.25, 0.3) is 5.91 Å². The zero-order valence-electron chi connectivity index (χ0n) is 18.2. The van der Waals surface area contributed by atoms with Crippen molar-refractivity contribution in [2.75, 3.05) is 46.3 Å². The molecule has 2 aliphatic heterocycles. The van der Waals surface area contributed by atoms with Crippen molar-refractivity contribution in [3.63, 3.8) is 0 Å². The van der Waals surface area contributed by atoms with E-state index in [1.165, 1.54) is 5.56 Å². The fraction of sp³-hybridized carbons (Fsp3) is 0.458. The smallest absolute Gasteiger partial charge is 0.255 e. The van der Waals surface area contributed by atoms with Gasteiger partial charge >= 0.3 is 0 Å². The van der Waals surface area contributed by atoms with Crippen LogP contribution >= 0.6 is 0 Å². The lowest BCUT2D eigenvalue weighted by molar-refractivity contribution is 0.0762. The molecule has 0 unspecified atom stereocenters. The van der Waals surface area contributed by atoms with Crippen molar-refractivity contribution in [3.05, 3.63) is 65.6 Å². The van der Waals surface area contributed by atoms with Gasteiger partial charge in [0.1, 0.15) is 5.82 Å². The van der Waals surface area contributed by atoms with Crippen molar-refractivity contribution in [1.29, 1.82) is 0 Å². The maximum Gasteiger partial charge on any atom is 0.255 e. The molecule has 1 aromatic carbocycles. The number of likely N-dealkylation sites (N-methyl/N-ethyl adjacent to an activating group) is 1. The second-order valence-electron chi connectivity index (χ2n) is 8.86. The molecule has 4 heterocycles. The molecular weight excluding hydrogens is 388 g/mol. The van der Waals surface area contributed by atoms with Gasteiger partial charge in [-0.25, -0.2) is 0 Å². The number of benzene rings is 1. The summed E-state index contributed by atoms with van der Waals surface area (Å²) in [4.78, 5) is 19.9. The number of amides is 1. The number of pyridine rings is 1. The predicted molar refractivity (Wildman–Crippen MR) is 120 cm³/mol. The Morgan fingerprint density at radius 1 is 1.00 bits per heavy atom. The number of carbonyl (C=O) groups excluding carboxylic acids is 1. The Kier molecular flexibility index (Phi) is 5.70. The van der Waals surface area contributed by atoms with E-state index in [0.717, 1.165) is 75.7 Å². The van der Waals surface area contributed by atoms with Crippen molar-refractivity contribution >= 4 is 11.6 Å². The van der Waals surface area contributed by atoms with E-state index >= 15 is 0 Å². The molecule has 1 atom stereocenters. The lowest BCUT2D eigenvalue weighted by Crippen LogP contribution is -2.34. The van der Waals surface area contributed by atoms with Gasteiger partial charge in [0.2, 0.25) is 0 Å². The summed E-state index contributed by atoms with van der Waals surface area (Å²) < 4.78 is 2.04. The maximum absolute atomic E-state index is 13.2. The maximum atomic E-state index is 13.2. The van der Waals surface area contributed by atoms with Crippen LogP contribution in [-0.2, 0) is 6.54 Å². The van der Waals surface area contributed by atoms with Gasteiger partial charge in [-0.2, -0.15) is 0 Å². The number of hydrogen-bond donors (Lipinski definition) is 0. The second-order valence-corrected chi connectivity index (χ2v) is 8.86. The van der Waals surface area contributed by atoms with Crippen LogP contribution in [0, 0.1) is 0 Å². The molecule has 7 nitrogen and oxygen atoms in total. The Morgan fingerprint density at radius 2 is 1.87 bits per heavy atom. The first-order valence-corrected chi connectivity index (χ1v) is 11.3. The van der Waals surface area contributed by atoms with E-state index in [1.807, 2.05) is 27.6 Å². The first kappa shape index (κ1) is 20.2. The molecule has 162 valence electrons. The molecule has 0 saturated carbocycles. The van der Waals surface area contributed by atoms with E-state index in [4.69, 9.17) is 0 Å². The van der Waals surface area contributed by atoms with E-state index in [-0.39, 0.29) is 5.91 Å². The van der Waals surface area contributed by atoms with E-state index in [9.17, 15) is 4.79 Å². The summed E-state index contributed by atoms with van der Waals surface area (Å²) in [5.41, 5.74) is 2.87. The van der Waals surface area contributed by atoms with Crippen LogP contribution in [0.1, 0.15) is 40.5 Å². The van der Waals surface area contributed by atoms with Crippen LogP contribution in [0.2, 0.25) is 0 Å². The molecule has 31 heavy (non-hydrogen) atoms. The standard InChI is InChI=1S/C24H30N6O/c1-27-11-5-12-29(15-14-27)24(31)21-8-9-22-25-26-23(30(22)18-21)20-10-13-28(17-20)16-19-6-3-2-4-7-19/h2-4,6-9,18,20H,5,10-17H2,1H3/t20-/m0/s1. The largest absolute Gasteiger partial charge is 0.337 e.